The van der Waals surface area contributed by atoms with Gasteiger partial charge in [0.2, 0.25) is 0 Å². The molecule has 1 heterocycles. The van der Waals surface area contributed by atoms with Crippen molar-refractivity contribution in [3.8, 4) is 0 Å². The van der Waals surface area contributed by atoms with E-state index >= 15 is 0 Å². The summed E-state index contributed by atoms with van der Waals surface area (Å²) in [6.07, 6.45) is -7.74. The van der Waals surface area contributed by atoms with Gasteiger partial charge in [0.25, 0.3) is 6.43 Å². The summed E-state index contributed by atoms with van der Waals surface area (Å²) < 4.78 is 62.0. The molecule has 0 fully saturated rings. The summed E-state index contributed by atoms with van der Waals surface area (Å²) >= 11 is 4.51. The lowest BCUT2D eigenvalue weighted by molar-refractivity contribution is -0.141. The van der Waals surface area contributed by atoms with Crippen LogP contribution in [0.2, 0.25) is 0 Å². The molecule has 1 rings (SSSR count). The van der Waals surface area contributed by atoms with Crippen LogP contribution in [0, 0.1) is 3.57 Å². The van der Waals surface area contributed by atoms with Gasteiger partial charge in [-0.25, -0.2) is 13.8 Å². The zero-order chi connectivity index (χ0) is 12.5. The van der Waals surface area contributed by atoms with E-state index in [1.807, 2.05) is 0 Å². The van der Waals surface area contributed by atoms with Gasteiger partial charge in [0.1, 0.15) is 11.4 Å². The number of aromatic nitrogens is 1. The highest BCUT2D eigenvalue weighted by Crippen LogP contribution is 2.33. The Hall–Kier alpha value is 0.01000. The van der Waals surface area contributed by atoms with Crippen LogP contribution in [0.4, 0.5) is 22.0 Å². The Morgan fingerprint density at radius 3 is 2.31 bits per heavy atom. The summed E-state index contributed by atoms with van der Waals surface area (Å²) in [6.45, 7) is 0. The van der Waals surface area contributed by atoms with Gasteiger partial charge in [0.05, 0.1) is 0 Å². The first-order valence-electron chi connectivity index (χ1n) is 3.88. The molecule has 0 N–H and O–H groups in total. The first-order valence-corrected chi connectivity index (χ1v) is 6.08. The summed E-state index contributed by atoms with van der Waals surface area (Å²) in [6, 6.07) is 0.766. The molecule has 1 aromatic rings. The standard InChI is InChI=1S/C8H4BrF5IN/c9-2-3-1-4(8(12,13)14)16-6(5(3)15)7(10)11/h1,7H,2H2. The minimum absolute atomic E-state index is 0.0532. The molecule has 0 bridgehead atoms. The Morgan fingerprint density at radius 1 is 1.38 bits per heavy atom. The van der Waals surface area contributed by atoms with Crippen molar-refractivity contribution in [1.29, 1.82) is 0 Å². The first-order chi connectivity index (χ1) is 7.27. The van der Waals surface area contributed by atoms with Crippen molar-refractivity contribution in [2.24, 2.45) is 0 Å². The second-order valence-electron chi connectivity index (χ2n) is 2.80. The van der Waals surface area contributed by atoms with Gasteiger partial charge in [-0.05, 0) is 34.2 Å². The van der Waals surface area contributed by atoms with Crippen LogP contribution in [0.5, 0.6) is 0 Å². The molecule has 0 aliphatic heterocycles. The smallest absolute Gasteiger partial charge is 0.241 e. The first kappa shape index (κ1) is 14.1. The molecule has 16 heavy (non-hydrogen) atoms. The maximum absolute atomic E-state index is 12.5. The van der Waals surface area contributed by atoms with Gasteiger partial charge >= 0.3 is 6.18 Å². The molecule has 8 heteroatoms. The number of rotatable bonds is 2. The Kier molecular flexibility index (Phi) is 4.49. The number of alkyl halides is 6. The van der Waals surface area contributed by atoms with Crippen molar-refractivity contribution >= 4 is 38.5 Å². The molecule has 0 saturated carbocycles. The van der Waals surface area contributed by atoms with Gasteiger partial charge < -0.3 is 0 Å². The third-order valence-electron chi connectivity index (χ3n) is 1.70. The van der Waals surface area contributed by atoms with E-state index in [9.17, 15) is 22.0 Å². The third kappa shape index (κ3) is 3.02. The highest BCUT2D eigenvalue weighted by molar-refractivity contribution is 14.1. The number of hydrogen-bond donors (Lipinski definition) is 0. The van der Waals surface area contributed by atoms with Gasteiger partial charge in [-0.1, -0.05) is 15.9 Å². The van der Waals surface area contributed by atoms with E-state index in [1.54, 1.807) is 22.6 Å². The van der Waals surface area contributed by atoms with Gasteiger partial charge in [-0.3, -0.25) is 0 Å². The number of hydrogen-bond acceptors (Lipinski definition) is 1. The third-order valence-corrected chi connectivity index (χ3v) is 3.55. The molecular formula is C8H4BrF5IN. The van der Waals surface area contributed by atoms with E-state index in [0.29, 0.717) is 0 Å². The summed E-state index contributed by atoms with van der Waals surface area (Å²) in [5.41, 5.74) is -1.97. The average molecular weight is 416 g/mol. The molecule has 0 radical (unpaired) electrons. The number of pyridine rings is 1. The van der Waals surface area contributed by atoms with Gasteiger partial charge in [0.15, 0.2) is 0 Å². The lowest BCUT2D eigenvalue weighted by Crippen LogP contribution is -2.12. The van der Waals surface area contributed by atoms with Gasteiger partial charge in [-0.15, -0.1) is 0 Å². The Bertz CT molecular complexity index is 393. The monoisotopic (exact) mass is 415 g/mol. The Balaban J connectivity index is 3.40. The van der Waals surface area contributed by atoms with Crippen molar-refractivity contribution in [1.82, 2.24) is 4.98 Å². The summed E-state index contributed by atoms with van der Waals surface area (Å²) in [4.78, 5) is 2.95. The van der Waals surface area contributed by atoms with E-state index < -0.39 is 24.0 Å². The van der Waals surface area contributed by atoms with E-state index in [0.717, 1.165) is 6.07 Å². The van der Waals surface area contributed by atoms with E-state index in [4.69, 9.17) is 0 Å². The topological polar surface area (TPSA) is 12.9 Å². The molecule has 1 nitrogen and oxygen atoms in total. The van der Waals surface area contributed by atoms with Crippen LogP contribution in [-0.4, -0.2) is 4.98 Å². The van der Waals surface area contributed by atoms with Crippen molar-refractivity contribution in [2.75, 3.05) is 0 Å². The van der Waals surface area contributed by atoms with Crippen LogP contribution in [0.15, 0.2) is 6.07 Å². The van der Waals surface area contributed by atoms with Crippen LogP contribution < -0.4 is 0 Å². The molecule has 0 unspecified atom stereocenters. The zero-order valence-electron chi connectivity index (χ0n) is 7.45. The SMILES string of the molecule is FC(F)c1nc(C(F)(F)F)cc(CBr)c1I. The minimum Gasteiger partial charge on any atom is -0.241 e. The molecule has 0 saturated heterocycles. The fourth-order valence-electron chi connectivity index (χ4n) is 0.991. The lowest BCUT2D eigenvalue weighted by atomic mass is 10.2. The maximum Gasteiger partial charge on any atom is 0.433 e. The van der Waals surface area contributed by atoms with Crippen molar-refractivity contribution < 1.29 is 22.0 Å². The largest absolute Gasteiger partial charge is 0.433 e. The fraction of sp³-hybridized carbons (Fsp3) is 0.375. The maximum atomic E-state index is 12.5. The van der Waals surface area contributed by atoms with E-state index in [1.165, 1.54) is 0 Å². The Labute approximate surface area is 110 Å². The highest BCUT2D eigenvalue weighted by atomic mass is 127. The summed E-state index contributed by atoms with van der Waals surface area (Å²) in [5.74, 6) is 0. The lowest BCUT2D eigenvalue weighted by Gasteiger charge is -2.12. The second-order valence-corrected chi connectivity index (χ2v) is 4.44. The van der Waals surface area contributed by atoms with Crippen molar-refractivity contribution in [3.63, 3.8) is 0 Å². The van der Waals surface area contributed by atoms with Crippen LogP contribution in [0.1, 0.15) is 23.4 Å². The molecule has 0 aliphatic carbocycles. The summed E-state index contributed by atoms with van der Waals surface area (Å²) in [5, 5.41) is 0.0661. The number of halogens is 7. The molecule has 0 spiro atoms. The van der Waals surface area contributed by atoms with Crippen LogP contribution in [0.3, 0.4) is 0 Å². The second kappa shape index (κ2) is 5.11. The highest BCUT2D eigenvalue weighted by Gasteiger charge is 2.34. The van der Waals surface area contributed by atoms with Gasteiger partial charge in [-0.2, -0.15) is 13.2 Å². The van der Waals surface area contributed by atoms with Crippen LogP contribution >= 0.6 is 38.5 Å². The molecule has 1 aromatic heterocycles. The van der Waals surface area contributed by atoms with Gasteiger partial charge in [0, 0.05) is 8.90 Å². The van der Waals surface area contributed by atoms with Crippen molar-refractivity contribution in [3.05, 3.63) is 26.6 Å². The normalized spacial score (nSPS) is 12.2. The number of nitrogens with zero attached hydrogens (tertiary/aromatic N) is 1. The average Bonchev–Trinajstić information content (AvgIpc) is 2.15. The summed E-state index contributed by atoms with van der Waals surface area (Å²) in [7, 11) is 0. The van der Waals surface area contributed by atoms with Crippen LogP contribution in [0.25, 0.3) is 0 Å². The van der Waals surface area contributed by atoms with Crippen LogP contribution in [-0.2, 0) is 11.5 Å². The molecule has 90 valence electrons. The zero-order valence-corrected chi connectivity index (χ0v) is 11.2. The predicted octanol–water partition coefficient (Wildman–Crippen LogP) is 4.54. The van der Waals surface area contributed by atoms with E-state index in [-0.39, 0.29) is 14.5 Å². The molecular weight excluding hydrogens is 412 g/mol. The quantitative estimate of drug-likeness (QED) is 0.392. The Morgan fingerprint density at radius 2 is 1.94 bits per heavy atom. The molecule has 0 aliphatic rings. The predicted molar refractivity (Wildman–Crippen MR) is 59.5 cm³/mol. The fourth-order valence-corrected chi connectivity index (χ4v) is 2.66. The minimum atomic E-state index is -4.72. The molecule has 0 amide bonds. The van der Waals surface area contributed by atoms with E-state index in [2.05, 4.69) is 20.9 Å². The molecule has 0 atom stereocenters. The van der Waals surface area contributed by atoms with Crippen molar-refractivity contribution in [2.45, 2.75) is 17.9 Å². The molecule has 0 aromatic carbocycles.